The van der Waals surface area contributed by atoms with Gasteiger partial charge in [0.05, 0.1) is 0 Å². The second kappa shape index (κ2) is 4.86. The van der Waals surface area contributed by atoms with Crippen LogP contribution in [-0.4, -0.2) is 24.1 Å². The summed E-state index contributed by atoms with van der Waals surface area (Å²) < 4.78 is 13.6. The highest BCUT2D eigenvalue weighted by Crippen LogP contribution is 2.18. The van der Waals surface area contributed by atoms with Crippen molar-refractivity contribution >= 4 is 28.7 Å². The van der Waals surface area contributed by atoms with Crippen LogP contribution in [0.15, 0.2) is 18.2 Å². The second-order valence-electron chi connectivity index (χ2n) is 3.35. The number of carbonyl (C=O) groups is 1. The molecule has 4 nitrogen and oxygen atoms in total. The summed E-state index contributed by atoms with van der Waals surface area (Å²) >= 11 is 1.86. The number of amides is 1. The first-order valence-corrected chi connectivity index (χ1v) is 5.83. The zero-order valence-electron chi connectivity index (χ0n) is 8.28. The van der Waals surface area contributed by atoms with E-state index in [-0.39, 0.29) is 5.75 Å². The van der Waals surface area contributed by atoms with Crippen LogP contribution in [0.1, 0.15) is 6.42 Å². The highest BCUT2D eigenvalue weighted by molar-refractivity contribution is 14.1. The average molecular weight is 337 g/mol. The van der Waals surface area contributed by atoms with Crippen molar-refractivity contribution < 1.29 is 19.0 Å². The van der Waals surface area contributed by atoms with Gasteiger partial charge in [-0.15, -0.1) is 0 Å². The standard InChI is InChI=1S/C10H9FINO3/c11-8-6-7(2-3-9(8)12)15-16-10(14)13-4-1-5-13/h2-3,6H,1,4-5H2. The minimum Gasteiger partial charge on any atom is -0.305 e. The van der Waals surface area contributed by atoms with E-state index in [0.717, 1.165) is 6.42 Å². The first-order valence-electron chi connectivity index (χ1n) is 4.75. The lowest BCUT2D eigenvalue weighted by molar-refractivity contribution is -0.157. The van der Waals surface area contributed by atoms with E-state index in [1.165, 1.54) is 17.0 Å². The predicted molar refractivity (Wildman–Crippen MR) is 62.4 cm³/mol. The maximum absolute atomic E-state index is 13.1. The lowest BCUT2D eigenvalue weighted by Gasteiger charge is -2.28. The van der Waals surface area contributed by atoms with Crippen molar-refractivity contribution in [2.24, 2.45) is 0 Å². The fourth-order valence-corrected chi connectivity index (χ4v) is 1.50. The van der Waals surface area contributed by atoms with Gasteiger partial charge in [0.1, 0.15) is 5.82 Å². The molecule has 1 aromatic carbocycles. The van der Waals surface area contributed by atoms with E-state index in [1.54, 1.807) is 6.07 Å². The number of halogens is 2. The smallest absolute Gasteiger partial charge is 0.305 e. The molecule has 1 aromatic rings. The van der Waals surface area contributed by atoms with Gasteiger partial charge in [-0.3, -0.25) is 4.89 Å². The molecule has 0 aliphatic carbocycles. The molecule has 0 atom stereocenters. The first-order chi connectivity index (χ1) is 7.66. The highest BCUT2D eigenvalue weighted by atomic mass is 127. The second-order valence-corrected chi connectivity index (χ2v) is 4.51. The van der Waals surface area contributed by atoms with Gasteiger partial charge in [-0.2, -0.15) is 0 Å². The molecular formula is C10H9FINO3. The van der Waals surface area contributed by atoms with Gasteiger partial charge >= 0.3 is 6.09 Å². The molecule has 1 aliphatic heterocycles. The fourth-order valence-electron chi connectivity index (χ4n) is 1.16. The summed E-state index contributed by atoms with van der Waals surface area (Å²) in [5.74, 6) is -0.232. The largest absolute Gasteiger partial charge is 0.452 e. The van der Waals surface area contributed by atoms with Crippen LogP contribution in [0.25, 0.3) is 0 Å². The molecule has 6 heteroatoms. The summed E-state index contributed by atoms with van der Waals surface area (Å²) in [6.45, 7) is 1.37. The lowest BCUT2D eigenvalue weighted by Crippen LogP contribution is -2.42. The normalized spacial score (nSPS) is 14.2. The maximum Gasteiger partial charge on any atom is 0.452 e. The Bertz CT molecular complexity index is 409. The van der Waals surface area contributed by atoms with Gasteiger partial charge in [-0.1, -0.05) is 0 Å². The molecule has 0 spiro atoms. The minimum atomic E-state index is -0.537. The predicted octanol–water partition coefficient (Wildman–Crippen LogP) is 2.57. The van der Waals surface area contributed by atoms with Crippen LogP contribution < -0.4 is 4.89 Å². The van der Waals surface area contributed by atoms with Gasteiger partial charge in [0.15, 0.2) is 5.75 Å². The van der Waals surface area contributed by atoms with E-state index in [4.69, 9.17) is 4.89 Å². The quantitative estimate of drug-likeness (QED) is 0.473. The summed E-state index contributed by atoms with van der Waals surface area (Å²) in [4.78, 5) is 22.0. The van der Waals surface area contributed by atoms with E-state index < -0.39 is 11.9 Å². The number of carbonyl (C=O) groups excluding carboxylic acids is 1. The number of hydrogen-bond acceptors (Lipinski definition) is 3. The third-order valence-corrected chi connectivity index (χ3v) is 3.09. The van der Waals surface area contributed by atoms with Crippen molar-refractivity contribution in [1.82, 2.24) is 4.90 Å². The molecule has 2 rings (SSSR count). The number of likely N-dealkylation sites (tertiary alicyclic amines) is 1. The fraction of sp³-hybridized carbons (Fsp3) is 0.300. The highest BCUT2D eigenvalue weighted by Gasteiger charge is 2.22. The van der Waals surface area contributed by atoms with Gasteiger partial charge in [-0.05, 0) is 41.1 Å². The molecule has 1 saturated heterocycles. The van der Waals surface area contributed by atoms with Crippen molar-refractivity contribution in [2.45, 2.75) is 6.42 Å². The van der Waals surface area contributed by atoms with Crippen LogP contribution in [0, 0.1) is 9.39 Å². The van der Waals surface area contributed by atoms with Gasteiger partial charge in [-0.25, -0.2) is 14.1 Å². The van der Waals surface area contributed by atoms with Crippen LogP contribution in [0.4, 0.5) is 9.18 Å². The Kier molecular flexibility index (Phi) is 3.47. The molecule has 0 N–H and O–H groups in total. The van der Waals surface area contributed by atoms with E-state index >= 15 is 0 Å². The van der Waals surface area contributed by atoms with E-state index in [2.05, 4.69) is 4.89 Å². The Morgan fingerprint density at radius 2 is 2.19 bits per heavy atom. The van der Waals surface area contributed by atoms with Gasteiger partial charge in [0.2, 0.25) is 0 Å². The third kappa shape index (κ3) is 2.55. The molecule has 1 heterocycles. The third-order valence-electron chi connectivity index (χ3n) is 2.21. The van der Waals surface area contributed by atoms with Crippen molar-refractivity contribution in [3.05, 3.63) is 27.6 Å². The molecule has 0 radical (unpaired) electrons. The zero-order valence-corrected chi connectivity index (χ0v) is 10.4. The number of rotatable bonds is 2. The van der Waals surface area contributed by atoms with Crippen LogP contribution in [0.3, 0.4) is 0 Å². The Labute approximate surface area is 105 Å². The summed E-state index contributed by atoms with van der Waals surface area (Å²) in [7, 11) is 0. The van der Waals surface area contributed by atoms with Crippen LogP contribution >= 0.6 is 22.6 Å². The molecule has 1 aliphatic rings. The van der Waals surface area contributed by atoms with E-state index in [0.29, 0.717) is 16.7 Å². The first kappa shape index (κ1) is 11.4. The number of nitrogens with zero attached hydrogens (tertiary/aromatic N) is 1. The molecule has 16 heavy (non-hydrogen) atoms. The van der Waals surface area contributed by atoms with E-state index in [9.17, 15) is 9.18 Å². The Hall–Kier alpha value is -1.05. The van der Waals surface area contributed by atoms with Crippen LogP contribution in [0.2, 0.25) is 0 Å². The van der Waals surface area contributed by atoms with Crippen molar-refractivity contribution in [2.75, 3.05) is 13.1 Å². The minimum absolute atomic E-state index is 0.173. The Balaban J connectivity index is 1.89. The Morgan fingerprint density at radius 1 is 1.44 bits per heavy atom. The Morgan fingerprint density at radius 3 is 2.75 bits per heavy atom. The van der Waals surface area contributed by atoms with E-state index in [1.807, 2.05) is 22.6 Å². The summed E-state index contributed by atoms with van der Waals surface area (Å²) in [6, 6.07) is 4.25. The van der Waals surface area contributed by atoms with Crippen molar-refractivity contribution in [1.29, 1.82) is 0 Å². The van der Waals surface area contributed by atoms with Crippen LogP contribution in [-0.2, 0) is 4.89 Å². The summed E-state index contributed by atoms with van der Waals surface area (Å²) in [5, 5.41) is 0. The molecular weight excluding hydrogens is 328 g/mol. The SMILES string of the molecule is O=C(OOc1ccc(I)c(F)c1)N1CCC1. The van der Waals surface area contributed by atoms with Crippen LogP contribution in [0.5, 0.6) is 5.75 Å². The topological polar surface area (TPSA) is 38.8 Å². The van der Waals surface area contributed by atoms with Gasteiger partial charge in [0, 0.05) is 22.7 Å². The van der Waals surface area contributed by atoms with Crippen molar-refractivity contribution in [3.63, 3.8) is 0 Å². The molecule has 86 valence electrons. The maximum atomic E-state index is 13.1. The number of hydrogen-bond donors (Lipinski definition) is 0. The molecule has 0 unspecified atom stereocenters. The summed E-state index contributed by atoms with van der Waals surface area (Å²) in [5.41, 5.74) is 0. The average Bonchev–Trinajstić information content (AvgIpc) is 2.17. The molecule has 1 fully saturated rings. The van der Waals surface area contributed by atoms with Gasteiger partial charge in [0.25, 0.3) is 0 Å². The number of benzene rings is 1. The lowest BCUT2D eigenvalue weighted by atomic mass is 10.2. The zero-order chi connectivity index (χ0) is 11.5. The van der Waals surface area contributed by atoms with Crippen molar-refractivity contribution in [3.8, 4) is 5.75 Å². The molecule has 0 bridgehead atoms. The van der Waals surface area contributed by atoms with Gasteiger partial charge < -0.3 is 4.90 Å². The molecule has 1 amide bonds. The summed E-state index contributed by atoms with van der Waals surface area (Å²) in [6.07, 6.45) is 0.443. The molecule has 0 aromatic heterocycles. The monoisotopic (exact) mass is 337 g/mol. The molecule has 0 saturated carbocycles.